The molecule has 134 valence electrons. The number of sulfonamides is 1. The van der Waals surface area contributed by atoms with Crippen LogP contribution >= 0.6 is 0 Å². The van der Waals surface area contributed by atoms with Crippen LogP contribution in [0, 0.1) is 12.7 Å². The van der Waals surface area contributed by atoms with E-state index < -0.39 is 21.7 Å². The van der Waals surface area contributed by atoms with Crippen LogP contribution in [0.5, 0.6) is 0 Å². The monoisotopic (exact) mass is 364 g/mol. The Morgan fingerprint density at radius 1 is 1.12 bits per heavy atom. The van der Waals surface area contributed by atoms with Gasteiger partial charge in [0.2, 0.25) is 15.9 Å². The lowest BCUT2D eigenvalue weighted by Gasteiger charge is -2.19. The maximum atomic E-state index is 13.0. The number of carbonyl (C=O) groups is 1. The lowest BCUT2D eigenvalue weighted by Crippen LogP contribution is -2.39. The van der Waals surface area contributed by atoms with E-state index in [2.05, 4.69) is 5.32 Å². The van der Waals surface area contributed by atoms with Crippen molar-refractivity contribution >= 4 is 15.9 Å². The van der Waals surface area contributed by atoms with Crippen molar-refractivity contribution in [3.05, 3.63) is 71.0 Å². The van der Waals surface area contributed by atoms with Crippen LogP contribution in [-0.4, -0.2) is 31.4 Å². The molecule has 1 amide bonds. The molecule has 2 rings (SSSR count). The minimum atomic E-state index is -3.58. The zero-order valence-electron chi connectivity index (χ0n) is 14.2. The molecule has 0 bridgehead atoms. The van der Waals surface area contributed by atoms with Gasteiger partial charge in [0.15, 0.2) is 0 Å². The van der Waals surface area contributed by atoms with E-state index in [1.807, 2.05) is 31.2 Å². The third kappa shape index (κ3) is 5.95. The Bertz CT molecular complexity index is 836. The highest BCUT2D eigenvalue weighted by Crippen LogP contribution is 2.10. The van der Waals surface area contributed by atoms with Crippen LogP contribution in [0.15, 0.2) is 48.5 Å². The highest BCUT2D eigenvalue weighted by Gasteiger charge is 2.20. The summed E-state index contributed by atoms with van der Waals surface area (Å²) >= 11 is 0. The predicted octanol–water partition coefficient (Wildman–Crippen LogP) is 2.21. The lowest BCUT2D eigenvalue weighted by molar-refractivity contribution is -0.121. The number of hydrogen-bond acceptors (Lipinski definition) is 3. The van der Waals surface area contributed by atoms with Crippen molar-refractivity contribution in [3.63, 3.8) is 0 Å². The molecule has 0 unspecified atom stereocenters. The second-order valence-corrected chi connectivity index (χ2v) is 7.84. The summed E-state index contributed by atoms with van der Waals surface area (Å²) in [5, 5.41) is 2.73. The van der Waals surface area contributed by atoms with Gasteiger partial charge in [-0.2, -0.15) is 4.31 Å². The molecule has 0 aliphatic carbocycles. The number of carbonyl (C=O) groups excluding carboxylic acids is 1. The number of nitrogens with zero attached hydrogens (tertiary/aromatic N) is 1. The van der Waals surface area contributed by atoms with Crippen LogP contribution in [0.4, 0.5) is 4.39 Å². The summed E-state index contributed by atoms with van der Waals surface area (Å²) in [7, 11) is -3.58. The van der Waals surface area contributed by atoms with Gasteiger partial charge in [-0.3, -0.25) is 4.79 Å². The number of halogens is 1. The minimum absolute atomic E-state index is 0.0108. The molecule has 0 heterocycles. The van der Waals surface area contributed by atoms with Crippen molar-refractivity contribution in [1.82, 2.24) is 9.62 Å². The second-order valence-electron chi connectivity index (χ2n) is 5.86. The first-order valence-electron chi connectivity index (χ1n) is 7.76. The van der Waals surface area contributed by atoms with Gasteiger partial charge >= 0.3 is 0 Å². The van der Waals surface area contributed by atoms with Gasteiger partial charge in [-0.15, -0.1) is 0 Å². The van der Waals surface area contributed by atoms with Crippen LogP contribution in [0.2, 0.25) is 0 Å². The molecule has 0 radical (unpaired) electrons. The molecule has 0 aromatic heterocycles. The number of aryl methyl sites for hydroxylation is 1. The highest BCUT2D eigenvalue weighted by molar-refractivity contribution is 7.88. The summed E-state index contributed by atoms with van der Waals surface area (Å²) < 4.78 is 37.9. The topological polar surface area (TPSA) is 66.5 Å². The molecule has 2 aromatic carbocycles. The summed E-state index contributed by atoms with van der Waals surface area (Å²) in [6, 6.07) is 13.2. The van der Waals surface area contributed by atoms with Crippen molar-refractivity contribution in [2.24, 2.45) is 0 Å². The Morgan fingerprint density at radius 3 is 2.36 bits per heavy atom. The van der Waals surface area contributed by atoms with Crippen LogP contribution in [0.1, 0.15) is 16.7 Å². The Kier molecular flexibility index (Phi) is 6.27. The van der Waals surface area contributed by atoms with Crippen molar-refractivity contribution in [2.75, 3.05) is 12.8 Å². The van der Waals surface area contributed by atoms with Gasteiger partial charge in [0.25, 0.3) is 0 Å². The Morgan fingerprint density at radius 2 is 1.76 bits per heavy atom. The average Bonchev–Trinajstić information content (AvgIpc) is 2.54. The molecule has 0 aliphatic heterocycles. The summed E-state index contributed by atoms with van der Waals surface area (Å²) in [6.07, 6.45) is 1.05. The van der Waals surface area contributed by atoms with Gasteiger partial charge in [-0.1, -0.05) is 36.4 Å². The van der Waals surface area contributed by atoms with E-state index >= 15 is 0 Å². The minimum Gasteiger partial charge on any atom is -0.351 e. The van der Waals surface area contributed by atoms with E-state index in [9.17, 15) is 17.6 Å². The van der Waals surface area contributed by atoms with Crippen LogP contribution < -0.4 is 5.32 Å². The molecule has 0 saturated heterocycles. The van der Waals surface area contributed by atoms with Crippen molar-refractivity contribution in [1.29, 1.82) is 0 Å². The molecule has 2 aromatic rings. The zero-order chi connectivity index (χ0) is 18.4. The first-order valence-corrected chi connectivity index (χ1v) is 9.61. The quantitative estimate of drug-likeness (QED) is 0.819. The SMILES string of the molecule is Cc1ccccc1CNC(=O)CN(Cc1ccc(F)cc1)S(C)(=O)=O. The number of hydrogen-bond donors (Lipinski definition) is 1. The summed E-state index contributed by atoms with van der Waals surface area (Å²) in [5.41, 5.74) is 2.63. The Hall–Kier alpha value is -2.25. The van der Waals surface area contributed by atoms with Crippen LogP contribution in [0.25, 0.3) is 0 Å². The predicted molar refractivity (Wildman–Crippen MR) is 94.7 cm³/mol. The zero-order valence-corrected chi connectivity index (χ0v) is 15.0. The molecule has 0 fully saturated rings. The first-order chi connectivity index (χ1) is 11.8. The van der Waals surface area contributed by atoms with Gasteiger partial charge < -0.3 is 5.32 Å². The summed E-state index contributed by atoms with van der Waals surface area (Å²) in [4.78, 5) is 12.2. The third-order valence-electron chi connectivity index (χ3n) is 3.80. The smallest absolute Gasteiger partial charge is 0.235 e. The standard InChI is InChI=1S/C18H21FN2O3S/c1-14-5-3-4-6-16(14)11-20-18(22)13-21(25(2,23)24)12-15-7-9-17(19)10-8-15/h3-10H,11-13H2,1-2H3,(H,20,22). The van der Waals surface area contributed by atoms with Crippen LogP contribution in [0.3, 0.4) is 0 Å². The fourth-order valence-corrected chi connectivity index (χ4v) is 3.04. The van der Waals surface area contributed by atoms with Crippen molar-refractivity contribution in [3.8, 4) is 0 Å². The van der Waals surface area contributed by atoms with E-state index in [0.29, 0.717) is 12.1 Å². The fraction of sp³-hybridized carbons (Fsp3) is 0.278. The molecular weight excluding hydrogens is 343 g/mol. The summed E-state index contributed by atoms with van der Waals surface area (Å²) in [5.74, 6) is -0.790. The number of amides is 1. The molecular formula is C18H21FN2O3S. The van der Waals surface area contributed by atoms with Gasteiger partial charge in [0, 0.05) is 13.1 Å². The molecule has 25 heavy (non-hydrogen) atoms. The van der Waals surface area contributed by atoms with Crippen LogP contribution in [-0.2, 0) is 27.9 Å². The highest BCUT2D eigenvalue weighted by atomic mass is 32.2. The van der Waals surface area contributed by atoms with E-state index in [-0.39, 0.29) is 13.1 Å². The Balaban J connectivity index is 2.00. The lowest BCUT2D eigenvalue weighted by atomic mass is 10.1. The maximum absolute atomic E-state index is 13.0. The molecule has 5 nitrogen and oxygen atoms in total. The van der Waals surface area contributed by atoms with Crippen molar-refractivity contribution < 1.29 is 17.6 Å². The van der Waals surface area contributed by atoms with E-state index in [4.69, 9.17) is 0 Å². The molecule has 0 aliphatic rings. The van der Waals surface area contributed by atoms with Gasteiger partial charge in [-0.05, 0) is 35.7 Å². The third-order valence-corrected chi connectivity index (χ3v) is 4.99. The fourth-order valence-electron chi connectivity index (χ4n) is 2.30. The summed E-state index contributed by atoms with van der Waals surface area (Å²) in [6.45, 7) is 2.00. The van der Waals surface area contributed by atoms with E-state index in [1.165, 1.54) is 24.3 Å². The largest absolute Gasteiger partial charge is 0.351 e. The molecule has 7 heteroatoms. The van der Waals surface area contributed by atoms with E-state index in [1.54, 1.807) is 0 Å². The number of benzene rings is 2. The molecule has 0 saturated carbocycles. The maximum Gasteiger partial charge on any atom is 0.235 e. The Labute approximate surface area is 147 Å². The normalized spacial score (nSPS) is 11.5. The molecule has 0 spiro atoms. The number of rotatable bonds is 7. The van der Waals surface area contributed by atoms with E-state index in [0.717, 1.165) is 21.7 Å². The molecule has 1 N–H and O–H groups in total. The second kappa shape index (κ2) is 8.22. The average molecular weight is 364 g/mol. The van der Waals surface area contributed by atoms with Gasteiger partial charge in [-0.25, -0.2) is 12.8 Å². The van der Waals surface area contributed by atoms with Crippen molar-refractivity contribution in [2.45, 2.75) is 20.0 Å². The number of nitrogens with one attached hydrogen (secondary N) is 1. The first kappa shape index (κ1) is 19.1. The van der Waals surface area contributed by atoms with Gasteiger partial charge in [0.05, 0.1) is 12.8 Å². The molecule has 0 atom stereocenters. The van der Waals surface area contributed by atoms with Gasteiger partial charge in [0.1, 0.15) is 5.82 Å².